The molecule has 1 aliphatic rings. The molecule has 0 spiro atoms. The fraction of sp³-hybridized carbons (Fsp3) is 0.667. The van der Waals surface area contributed by atoms with E-state index < -0.39 is 47.7 Å². The van der Waals surface area contributed by atoms with E-state index in [0.29, 0.717) is 0 Å². The van der Waals surface area contributed by atoms with E-state index in [9.17, 15) is 29.7 Å². The smallest absolute Gasteiger partial charge is 0.330 e. The quantitative estimate of drug-likeness (QED) is 0.383. The zero-order chi connectivity index (χ0) is 18.7. The van der Waals surface area contributed by atoms with Gasteiger partial charge in [0.25, 0.3) is 11.5 Å². The largest absolute Gasteiger partial charge is 0.394 e. The van der Waals surface area contributed by atoms with Gasteiger partial charge in [-0.1, -0.05) is 20.3 Å². The number of aromatic amines is 1. The van der Waals surface area contributed by atoms with E-state index in [1.807, 2.05) is 18.8 Å². The van der Waals surface area contributed by atoms with Crippen LogP contribution < -0.4 is 16.6 Å². The summed E-state index contributed by atoms with van der Waals surface area (Å²) in [5.74, 6) is -0.707. The fourth-order valence-corrected chi connectivity index (χ4v) is 2.65. The highest BCUT2D eigenvalue weighted by molar-refractivity contribution is 5.82. The number of H-pyrrole nitrogens is 1. The van der Waals surface area contributed by atoms with E-state index in [4.69, 9.17) is 4.74 Å². The first-order valence-corrected chi connectivity index (χ1v) is 8.04. The number of hydrogen-bond donors (Lipinski definition) is 5. The molecule has 1 aromatic rings. The predicted molar refractivity (Wildman–Crippen MR) is 85.7 cm³/mol. The number of amides is 1. The average molecular weight is 357 g/mol. The van der Waals surface area contributed by atoms with Gasteiger partial charge < -0.3 is 25.4 Å². The van der Waals surface area contributed by atoms with Crippen molar-refractivity contribution in [1.82, 2.24) is 14.9 Å². The second kappa shape index (κ2) is 7.91. The molecule has 1 aliphatic heterocycles. The van der Waals surface area contributed by atoms with Crippen LogP contribution in [0.25, 0.3) is 0 Å². The number of aliphatic hydroxyl groups is 3. The molecule has 0 radical (unpaired) electrons. The molecular weight excluding hydrogens is 334 g/mol. The molecule has 0 aromatic carbocycles. The summed E-state index contributed by atoms with van der Waals surface area (Å²) in [7, 11) is 0. The van der Waals surface area contributed by atoms with E-state index in [-0.39, 0.29) is 12.5 Å². The van der Waals surface area contributed by atoms with Gasteiger partial charge in [0.05, 0.1) is 12.6 Å². The predicted octanol–water partition coefficient (Wildman–Crippen LogP) is -2.32. The molecule has 10 heteroatoms. The number of nitrogens with one attached hydrogen (secondary N) is 2. The lowest BCUT2D eigenvalue weighted by Crippen LogP contribution is -2.49. The molecule has 140 valence electrons. The fourth-order valence-electron chi connectivity index (χ4n) is 2.65. The number of carbonyl (C=O) groups is 1. The Balaban J connectivity index is 2.17. The topological polar surface area (TPSA) is 154 Å². The number of carbonyl (C=O) groups excluding carboxylic acids is 1. The molecule has 2 heterocycles. The lowest BCUT2D eigenvalue weighted by atomic mass is 9.99. The molecule has 0 aliphatic carbocycles. The maximum atomic E-state index is 12.3. The molecule has 1 amide bonds. The zero-order valence-electron chi connectivity index (χ0n) is 14.0. The summed E-state index contributed by atoms with van der Waals surface area (Å²) in [5, 5.41) is 32.2. The van der Waals surface area contributed by atoms with Crippen molar-refractivity contribution >= 4 is 5.91 Å². The van der Waals surface area contributed by atoms with Crippen molar-refractivity contribution in [1.29, 1.82) is 0 Å². The second-order valence-corrected chi connectivity index (χ2v) is 6.13. The van der Waals surface area contributed by atoms with E-state index >= 15 is 0 Å². The maximum absolute atomic E-state index is 12.3. The highest BCUT2D eigenvalue weighted by Crippen LogP contribution is 2.28. The van der Waals surface area contributed by atoms with Crippen LogP contribution in [0, 0.1) is 5.92 Å². The summed E-state index contributed by atoms with van der Waals surface area (Å²) in [6.45, 7) is 3.47. The van der Waals surface area contributed by atoms with E-state index in [2.05, 4.69) is 5.32 Å². The van der Waals surface area contributed by atoms with Gasteiger partial charge in [0, 0.05) is 12.3 Å². The first kappa shape index (κ1) is 19.3. The number of aromatic nitrogens is 2. The minimum Gasteiger partial charge on any atom is -0.394 e. The Morgan fingerprint density at radius 3 is 2.64 bits per heavy atom. The lowest BCUT2D eigenvalue weighted by Gasteiger charge is -2.24. The zero-order valence-corrected chi connectivity index (χ0v) is 14.0. The average Bonchev–Trinajstić information content (AvgIpc) is 2.87. The first-order valence-electron chi connectivity index (χ1n) is 8.04. The van der Waals surface area contributed by atoms with Gasteiger partial charge in [-0.2, -0.15) is 0 Å². The van der Waals surface area contributed by atoms with E-state index in [1.54, 1.807) is 0 Å². The van der Waals surface area contributed by atoms with Crippen LogP contribution in [-0.2, 0) is 9.53 Å². The number of hydrogen-bond acceptors (Lipinski definition) is 7. The Morgan fingerprint density at radius 1 is 1.40 bits per heavy atom. The van der Waals surface area contributed by atoms with Crippen LogP contribution >= 0.6 is 0 Å². The van der Waals surface area contributed by atoms with Crippen molar-refractivity contribution in [3.05, 3.63) is 33.1 Å². The van der Waals surface area contributed by atoms with Crippen molar-refractivity contribution in [3.63, 3.8) is 0 Å². The number of ether oxygens (including phenoxy) is 1. The maximum Gasteiger partial charge on any atom is 0.330 e. The molecule has 10 nitrogen and oxygen atoms in total. The lowest BCUT2D eigenvalue weighted by molar-refractivity contribution is -0.139. The molecule has 0 bridgehead atoms. The first-order chi connectivity index (χ1) is 11.8. The van der Waals surface area contributed by atoms with Gasteiger partial charge in [-0.15, -0.1) is 0 Å². The second-order valence-electron chi connectivity index (χ2n) is 6.13. The summed E-state index contributed by atoms with van der Waals surface area (Å²) in [6, 6.07) is 0.530. The molecule has 1 aromatic heterocycles. The van der Waals surface area contributed by atoms with Gasteiger partial charge in [-0.25, -0.2) is 4.79 Å². The molecule has 5 N–H and O–H groups in total. The van der Waals surface area contributed by atoms with Crippen LogP contribution in [0.5, 0.6) is 0 Å². The van der Waals surface area contributed by atoms with Crippen molar-refractivity contribution in [2.75, 3.05) is 6.61 Å². The number of aliphatic hydroxyl groups excluding tert-OH is 3. The Labute approximate surface area is 143 Å². The standard InChI is InChI=1S/C15H23N3O7/c1-3-7(2)8(6-19)16-13(23)12-10(21)11(22)14(25-12)18-5-4-9(20)17-15(18)24/h4-5,7-8,10-12,14,19,21-22H,3,6H2,1-2H3,(H,16,23)(H,17,20,24)/t7-,8+,10-,11+,12-,14+/m0/s1. The van der Waals surface area contributed by atoms with Crippen molar-refractivity contribution in [2.24, 2.45) is 5.92 Å². The molecule has 2 rings (SSSR count). The molecule has 0 saturated carbocycles. The highest BCUT2D eigenvalue weighted by atomic mass is 16.6. The Hall–Kier alpha value is -2.01. The van der Waals surface area contributed by atoms with Gasteiger partial charge in [0.15, 0.2) is 12.3 Å². The number of nitrogens with zero attached hydrogens (tertiary/aromatic N) is 1. The third kappa shape index (κ3) is 3.98. The van der Waals surface area contributed by atoms with Crippen molar-refractivity contribution in [2.45, 2.75) is 50.8 Å². The summed E-state index contributed by atoms with van der Waals surface area (Å²) < 4.78 is 6.25. The summed E-state index contributed by atoms with van der Waals surface area (Å²) in [4.78, 5) is 37.3. The summed E-state index contributed by atoms with van der Waals surface area (Å²) >= 11 is 0. The summed E-state index contributed by atoms with van der Waals surface area (Å²) in [5.41, 5.74) is -1.46. The van der Waals surface area contributed by atoms with Crippen molar-refractivity contribution in [3.8, 4) is 0 Å². The van der Waals surface area contributed by atoms with Crippen molar-refractivity contribution < 1.29 is 24.9 Å². The third-order valence-corrected chi connectivity index (χ3v) is 4.48. The molecule has 25 heavy (non-hydrogen) atoms. The van der Waals surface area contributed by atoms with Crippen LogP contribution in [0.15, 0.2) is 21.9 Å². The molecule has 1 fully saturated rings. The van der Waals surface area contributed by atoms with Crippen LogP contribution in [0.3, 0.4) is 0 Å². The highest BCUT2D eigenvalue weighted by Gasteiger charge is 2.48. The summed E-state index contributed by atoms with van der Waals surface area (Å²) in [6.07, 6.45) is -4.03. The molecule has 0 unspecified atom stereocenters. The Kier molecular flexibility index (Phi) is 6.11. The van der Waals surface area contributed by atoms with Gasteiger partial charge >= 0.3 is 5.69 Å². The van der Waals surface area contributed by atoms with E-state index in [0.717, 1.165) is 23.3 Å². The van der Waals surface area contributed by atoms with Gasteiger partial charge in [-0.05, 0) is 5.92 Å². The van der Waals surface area contributed by atoms with Gasteiger partial charge in [-0.3, -0.25) is 19.1 Å². The van der Waals surface area contributed by atoms with Gasteiger partial charge in [0.2, 0.25) is 0 Å². The van der Waals surface area contributed by atoms with Gasteiger partial charge in [0.1, 0.15) is 12.2 Å². The minimum atomic E-state index is -1.57. The van der Waals surface area contributed by atoms with E-state index in [1.165, 1.54) is 0 Å². The molecule has 1 saturated heterocycles. The number of rotatable bonds is 6. The normalized spacial score (nSPS) is 28.5. The monoisotopic (exact) mass is 357 g/mol. The minimum absolute atomic E-state index is 0.00460. The van der Waals surface area contributed by atoms with Crippen LogP contribution in [0.1, 0.15) is 26.5 Å². The van der Waals surface area contributed by atoms with Crippen LogP contribution in [0.4, 0.5) is 0 Å². The Bertz CT molecular complexity index is 716. The Morgan fingerprint density at radius 2 is 2.08 bits per heavy atom. The molecular formula is C15H23N3O7. The van der Waals surface area contributed by atoms with Crippen LogP contribution in [-0.4, -0.2) is 61.7 Å². The third-order valence-electron chi connectivity index (χ3n) is 4.48. The SMILES string of the molecule is CC[C@H](C)[C@@H](CO)NC(=O)[C@H]1O[C@@H](n2ccc(=O)[nH]c2=O)[C@H](O)[C@@H]1O. The molecule has 6 atom stereocenters. The van der Waals surface area contributed by atoms with Crippen LogP contribution in [0.2, 0.25) is 0 Å².